The van der Waals surface area contributed by atoms with Crippen LogP contribution in [0.25, 0.3) is 0 Å². The van der Waals surface area contributed by atoms with Gasteiger partial charge in [0.05, 0.1) is 33.8 Å². The summed E-state index contributed by atoms with van der Waals surface area (Å²) in [6.07, 6.45) is 0. The third kappa shape index (κ3) is 2.86. The van der Waals surface area contributed by atoms with E-state index in [1.807, 2.05) is 0 Å². The summed E-state index contributed by atoms with van der Waals surface area (Å²) in [6.45, 7) is 0. The molecular weight excluding hydrogens is 315 g/mol. The van der Waals surface area contributed by atoms with Crippen molar-refractivity contribution in [2.24, 2.45) is 0 Å². The van der Waals surface area contributed by atoms with E-state index in [1.54, 1.807) is 18.2 Å². The standard InChI is InChI=1S/C15H10Cl2O4/c1-21-11-5-3-2-4-8(11)14(18)12-9(16)6-7-10(17)13(12)15(19)20/h2-7H,1H3,(H,19,20). The summed E-state index contributed by atoms with van der Waals surface area (Å²) in [4.78, 5) is 24.0. The Bertz CT molecular complexity index is 726. The molecule has 2 rings (SSSR count). The van der Waals surface area contributed by atoms with Gasteiger partial charge in [0.25, 0.3) is 0 Å². The molecule has 0 unspecified atom stereocenters. The largest absolute Gasteiger partial charge is 0.496 e. The van der Waals surface area contributed by atoms with Crippen LogP contribution in [0.15, 0.2) is 36.4 Å². The number of carboxylic acid groups (broad SMARTS) is 1. The Kier molecular flexibility index (Phi) is 4.50. The number of benzene rings is 2. The predicted octanol–water partition coefficient (Wildman–Crippen LogP) is 3.93. The van der Waals surface area contributed by atoms with Gasteiger partial charge in [-0.05, 0) is 24.3 Å². The molecule has 0 heterocycles. The van der Waals surface area contributed by atoms with Crippen LogP contribution in [-0.4, -0.2) is 24.0 Å². The third-order valence-corrected chi connectivity index (χ3v) is 3.53. The first-order valence-corrected chi connectivity index (χ1v) is 6.62. The van der Waals surface area contributed by atoms with Crippen molar-refractivity contribution in [2.45, 2.75) is 0 Å². The van der Waals surface area contributed by atoms with Crippen LogP contribution in [0.2, 0.25) is 10.0 Å². The molecule has 0 aliphatic heterocycles. The number of para-hydroxylation sites is 1. The summed E-state index contributed by atoms with van der Waals surface area (Å²) in [5, 5.41) is 9.24. The Hall–Kier alpha value is -2.04. The average molecular weight is 325 g/mol. The van der Waals surface area contributed by atoms with Gasteiger partial charge >= 0.3 is 5.97 Å². The monoisotopic (exact) mass is 324 g/mol. The fourth-order valence-corrected chi connectivity index (χ4v) is 2.43. The van der Waals surface area contributed by atoms with Crippen LogP contribution in [0.3, 0.4) is 0 Å². The SMILES string of the molecule is COc1ccccc1C(=O)c1c(Cl)ccc(Cl)c1C(=O)O. The second-order valence-corrected chi connectivity index (χ2v) is 4.93. The van der Waals surface area contributed by atoms with E-state index in [2.05, 4.69) is 0 Å². The Morgan fingerprint density at radius 2 is 1.57 bits per heavy atom. The highest BCUT2D eigenvalue weighted by molar-refractivity contribution is 6.39. The number of carboxylic acids is 1. The van der Waals surface area contributed by atoms with Crippen molar-refractivity contribution in [3.05, 3.63) is 63.1 Å². The van der Waals surface area contributed by atoms with Gasteiger partial charge in [0, 0.05) is 0 Å². The minimum absolute atomic E-state index is 0.0210. The maximum absolute atomic E-state index is 12.6. The van der Waals surface area contributed by atoms with E-state index in [4.69, 9.17) is 27.9 Å². The molecule has 0 saturated heterocycles. The number of halogens is 2. The van der Waals surface area contributed by atoms with Crippen LogP contribution in [0.5, 0.6) is 5.75 Å². The molecule has 0 atom stereocenters. The van der Waals surface area contributed by atoms with Crippen LogP contribution in [-0.2, 0) is 0 Å². The maximum atomic E-state index is 12.6. The maximum Gasteiger partial charge on any atom is 0.338 e. The molecule has 0 aliphatic carbocycles. The zero-order valence-corrected chi connectivity index (χ0v) is 12.4. The van der Waals surface area contributed by atoms with Crippen LogP contribution in [0.4, 0.5) is 0 Å². The lowest BCUT2D eigenvalue weighted by Crippen LogP contribution is -2.12. The molecule has 108 valence electrons. The van der Waals surface area contributed by atoms with E-state index in [0.717, 1.165) is 0 Å². The zero-order chi connectivity index (χ0) is 15.6. The topological polar surface area (TPSA) is 63.6 Å². The van der Waals surface area contributed by atoms with Crippen LogP contribution < -0.4 is 4.74 Å². The molecule has 2 aromatic rings. The highest BCUT2D eigenvalue weighted by Crippen LogP contribution is 2.31. The van der Waals surface area contributed by atoms with E-state index in [0.29, 0.717) is 5.75 Å². The molecule has 0 bridgehead atoms. The molecule has 0 aromatic heterocycles. The number of carbonyl (C=O) groups excluding carboxylic acids is 1. The second kappa shape index (κ2) is 6.16. The normalized spacial score (nSPS) is 10.2. The second-order valence-electron chi connectivity index (χ2n) is 4.11. The summed E-state index contributed by atoms with van der Waals surface area (Å²) < 4.78 is 5.11. The van der Waals surface area contributed by atoms with Crippen molar-refractivity contribution in [3.63, 3.8) is 0 Å². The van der Waals surface area contributed by atoms with E-state index in [-0.39, 0.29) is 26.7 Å². The van der Waals surface area contributed by atoms with Crippen molar-refractivity contribution in [1.82, 2.24) is 0 Å². The van der Waals surface area contributed by atoms with Gasteiger partial charge in [-0.25, -0.2) is 4.79 Å². The summed E-state index contributed by atoms with van der Waals surface area (Å²) in [5.41, 5.74) is -0.257. The number of methoxy groups -OCH3 is 1. The Balaban J connectivity index is 2.69. The number of hydrogen-bond acceptors (Lipinski definition) is 3. The van der Waals surface area contributed by atoms with Gasteiger partial charge in [-0.2, -0.15) is 0 Å². The minimum Gasteiger partial charge on any atom is -0.496 e. The fourth-order valence-electron chi connectivity index (χ4n) is 1.95. The van der Waals surface area contributed by atoms with E-state index >= 15 is 0 Å². The molecule has 0 aliphatic rings. The Morgan fingerprint density at radius 1 is 1.00 bits per heavy atom. The lowest BCUT2D eigenvalue weighted by atomic mass is 9.97. The molecule has 4 nitrogen and oxygen atoms in total. The minimum atomic E-state index is -1.32. The van der Waals surface area contributed by atoms with Gasteiger partial charge < -0.3 is 9.84 Å². The Labute approximate surface area is 130 Å². The number of hydrogen-bond donors (Lipinski definition) is 1. The summed E-state index contributed by atoms with van der Waals surface area (Å²) in [7, 11) is 1.42. The lowest BCUT2D eigenvalue weighted by molar-refractivity contribution is 0.0693. The highest BCUT2D eigenvalue weighted by Gasteiger charge is 2.25. The van der Waals surface area contributed by atoms with Gasteiger partial charge in [0.15, 0.2) is 5.78 Å². The number of ether oxygens (including phenoxy) is 1. The Morgan fingerprint density at radius 3 is 2.14 bits per heavy atom. The smallest absolute Gasteiger partial charge is 0.338 e. The number of carbonyl (C=O) groups is 2. The average Bonchev–Trinajstić information content (AvgIpc) is 2.48. The van der Waals surface area contributed by atoms with Crippen LogP contribution in [0.1, 0.15) is 26.3 Å². The first-order chi connectivity index (χ1) is 9.97. The van der Waals surface area contributed by atoms with E-state index in [9.17, 15) is 14.7 Å². The number of rotatable bonds is 4. The van der Waals surface area contributed by atoms with Gasteiger partial charge in [-0.1, -0.05) is 35.3 Å². The van der Waals surface area contributed by atoms with Gasteiger partial charge in [-0.3, -0.25) is 4.79 Å². The fraction of sp³-hybridized carbons (Fsp3) is 0.0667. The summed E-state index contributed by atoms with van der Waals surface area (Å²) in [6, 6.07) is 9.21. The van der Waals surface area contributed by atoms with Crippen LogP contribution in [0, 0.1) is 0 Å². The molecule has 21 heavy (non-hydrogen) atoms. The lowest BCUT2D eigenvalue weighted by Gasteiger charge is -2.11. The van der Waals surface area contributed by atoms with E-state index in [1.165, 1.54) is 25.3 Å². The van der Waals surface area contributed by atoms with Crippen molar-refractivity contribution >= 4 is 35.0 Å². The van der Waals surface area contributed by atoms with Crippen molar-refractivity contribution in [1.29, 1.82) is 0 Å². The summed E-state index contributed by atoms with van der Waals surface area (Å²) >= 11 is 11.9. The van der Waals surface area contributed by atoms with Crippen molar-refractivity contribution in [3.8, 4) is 5.75 Å². The molecule has 1 N–H and O–H groups in total. The summed E-state index contributed by atoms with van der Waals surface area (Å²) in [5.74, 6) is -1.55. The first-order valence-electron chi connectivity index (χ1n) is 5.86. The zero-order valence-electron chi connectivity index (χ0n) is 10.9. The number of aromatic carboxylic acids is 1. The molecule has 2 aromatic carbocycles. The molecule has 6 heteroatoms. The van der Waals surface area contributed by atoms with Gasteiger partial charge in [-0.15, -0.1) is 0 Å². The number of ketones is 1. The quantitative estimate of drug-likeness (QED) is 0.865. The molecule has 0 saturated carbocycles. The molecule has 0 spiro atoms. The van der Waals surface area contributed by atoms with Crippen molar-refractivity contribution < 1.29 is 19.4 Å². The predicted molar refractivity (Wildman–Crippen MR) is 79.8 cm³/mol. The van der Waals surface area contributed by atoms with Crippen molar-refractivity contribution in [2.75, 3.05) is 7.11 Å². The van der Waals surface area contributed by atoms with Gasteiger partial charge in [0.1, 0.15) is 5.75 Å². The van der Waals surface area contributed by atoms with Gasteiger partial charge in [0.2, 0.25) is 0 Å². The third-order valence-electron chi connectivity index (χ3n) is 2.90. The van der Waals surface area contributed by atoms with Crippen LogP contribution >= 0.6 is 23.2 Å². The first kappa shape index (κ1) is 15.4. The highest BCUT2D eigenvalue weighted by atomic mass is 35.5. The molecule has 0 radical (unpaired) electrons. The van der Waals surface area contributed by atoms with E-state index < -0.39 is 11.8 Å². The molecular formula is C15H10Cl2O4. The molecule has 0 fully saturated rings. The molecule has 0 amide bonds.